The van der Waals surface area contributed by atoms with E-state index in [0.29, 0.717) is 5.02 Å². The van der Waals surface area contributed by atoms with Gasteiger partial charge >= 0.3 is 0 Å². The van der Waals surface area contributed by atoms with Crippen molar-refractivity contribution >= 4 is 29.1 Å². The molecule has 1 aliphatic heterocycles. The first kappa shape index (κ1) is 12.0. The van der Waals surface area contributed by atoms with Crippen molar-refractivity contribution < 1.29 is 14.7 Å². The van der Waals surface area contributed by atoms with Crippen molar-refractivity contribution in [3.05, 3.63) is 35.4 Å². The maximum atomic E-state index is 12.6. The summed E-state index contributed by atoms with van der Waals surface area (Å²) in [4.78, 5) is 26.2. The Morgan fingerprint density at radius 3 is 2.25 bits per heavy atom. The number of halogens is 1. The Labute approximate surface area is 120 Å². The average molecular weight is 290 g/mol. The van der Waals surface area contributed by atoms with Gasteiger partial charge in [-0.15, -0.1) is 0 Å². The Bertz CT molecular complexity index is 639. The van der Waals surface area contributed by atoms with Gasteiger partial charge in [-0.2, -0.15) is 0 Å². The van der Waals surface area contributed by atoms with Gasteiger partial charge in [-0.05, 0) is 30.4 Å². The minimum atomic E-state index is -0.257. The Kier molecular flexibility index (Phi) is 2.31. The minimum absolute atomic E-state index is 0.139. The van der Waals surface area contributed by atoms with E-state index in [1.54, 1.807) is 6.07 Å². The summed E-state index contributed by atoms with van der Waals surface area (Å²) in [6.07, 6.45) is 4.98. The van der Waals surface area contributed by atoms with Crippen molar-refractivity contribution in [3.8, 4) is 5.75 Å². The number of allylic oxidation sites excluding steroid dienone is 2. The van der Waals surface area contributed by atoms with Crippen LogP contribution >= 0.6 is 11.6 Å². The second kappa shape index (κ2) is 3.85. The first-order valence-corrected chi connectivity index (χ1v) is 7.00. The number of rotatable bonds is 1. The van der Waals surface area contributed by atoms with Gasteiger partial charge in [0.1, 0.15) is 5.75 Å². The van der Waals surface area contributed by atoms with E-state index in [2.05, 4.69) is 0 Å². The molecule has 20 heavy (non-hydrogen) atoms. The van der Waals surface area contributed by atoms with Crippen molar-refractivity contribution in [2.75, 3.05) is 4.90 Å². The second-order valence-electron chi connectivity index (χ2n) is 5.64. The lowest BCUT2D eigenvalue weighted by Gasteiger charge is -2.18. The molecule has 1 saturated heterocycles. The van der Waals surface area contributed by atoms with E-state index in [-0.39, 0.29) is 46.9 Å². The summed E-state index contributed by atoms with van der Waals surface area (Å²) < 4.78 is 0. The summed E-state index contributed by atoms with van der Waals surface area (Å²) in [5.41, 5.74) is 0.234. The van der Waals surface area contributed by atoms with Crippen molar-refractivity contribution in [2.45, 2.75) is 6.42 Å². The van der Waals surface area contributed by atoms with Gasteiger partial charge in [0.05, 0.1) is 17.5 Å². The molecule has 2 amide bonds. The third-order valence-electron chi connectivity index (χ3n) is 4.65. The number of fused-ring (bicyclic) bond motifs is 5. The molecule has 1 saturated carbocycles. The first-order valence-electron chi connectivity index (χ1n) is 6.62. The van der Waals surface area contributed by atoms with E-state index >= 15 is 0 Å². The quantitative estimate of drug-likeness (QED) is 0.638. The van der Waals surface area contributed by atoms with E-state index in [9.17, 15) is 14.7 Å². The summed E-state index contributed by atoms with van der Waals surface area (Å²) in [6, 6.07) is 4.43. The maximum absolute atomic E-state index is 12.6. The summed E-state index contributed by atoms with van der Waals surface area (Å²) in [7, 11) is 0. The molecule has 4 rings (SSSR count). The molecule has 0 radical (unpaired) electrons. The highest BCUT2D eigenvalue weighted by molar-refractivity contribution is 6.31. The molecular formula is C15H12ClNO3. The predicted octanol–water partition coefficient (Wildman–Crippen LogP) is 2.36. The van der Waals surface area contributed by atoms with Gasteiger partial charge in [-0.1, -0.05) is 23.8 Å². The fourth-order valence-corrected chi connectivity index (χ4v) is 3.99. The van der Waals surface area contributed by atoms with E-state index in [0.717, 1.165) is 11.3 Å². The molecule has 1 N–H and O–H groups in total. The number of benzene rings is 1. The van der Waals surface area contributed by atoms with Crippen LogP contribution in [0.1, 0.15) is 6.42 Å². The molecular weight excluding hydrogens is 278 g/mol. The van der Waals surface area contributed by atoms with E-state index < -0.39 is 0 Å². The lowest BCUT2D eigenvalue weighted by Crippen LogP contribution is -2.32. The lowest BCUT2D eigenvalue weighted by atomic mass is 9.85. The zero-order chi connectivity index (χ0) is 14.0. The molecule has 0 spiro atoms. The van der Waals surface area contributed by atoms with Gasteiger partial charge < -0.3 is 5.11 Å². The van der Waals surface area contributed by atoms with E-state index in [1.807, 2.05) is 12.2 Å². The van der Waals surface area contributed by atoms with Crippen LogP contribution in [0.3, 0.4) is 0 Å². The van der Waals surface area contributed by atoms with Crippen LogP contribution < -0.4 is 4.90 Å². The van der Waals surface area contributed by atoms with Crippen LogP contribution in [0.5, 0.6) is 5.75 Å². The largest absolute Gasteiger partial charge is 0.506 e. The third kappa shape index (κ3) is 1.37. The zero-order valence-electron chi connectivity index (χ0n) is 10.5. The molecule has 2 bridgehead atoms. The molecule has 1 aromatic carbocycles. The lowest BCUT2D eigenvalue weighted by molar-refractivity contribution is -0.123. The molecule has 5 heteroatoms. The topological polar surface area (TPSA) is 57.6 Å². The van der Waals surface area contributed by atoms with Crippen molar-refractivity contribution in [2.24, 2.45) is 23.7 Å². The molecule has 2 fully saturated rings. The van der Waals surface area contributed by atoms with Crippen LogP contribution in [-0.4, -0.2) is 16.9 Å². The van der Waals surface area contributed by atoms with Crippen LogP contribution in [0.25, 0.3) is 0 Å². The number of amides is 2. The van der Waals surface area contributed by atoms with Gasteiger partial charge in [0.2, 0.25) is 11.8 Å². The number of anilines is 1. The molecule has 3 aliphatic rings. The number of nitrogens with zero attached hydrogens (tertiary/aromatic N) is 1. The summed E-state index contributed by atoms with van der Waals surface area (Å²) in [5, 5.41) is 10.3. The third-order valence-corrected chi connectivity index (χ3v) is 4.88. The summed E-state index contributed by atoms with van der Waals surface area (Å²) in [6.45, 7) is 0. The number of hydrogen-bond donors (Lipinski definition) is 1. The van der Waals surface area contributed by atoms with Gasteiger partial charge in [0.15, 0.2) is 0 Å². The number of carbonyl (C=O) groups excluding carboxylic acids is 2. The normalized spacial score (nSPS) is 34.1. The fourth-order valence-electron chi connectivity index (χ4n) is 3.83. The Morgan fingerprint density at radius 1 is 1.10 bits per heavy atom. The maximum Gasteiger partial charge on any atom is 0.238 e. The zero-order valence-corrected chi connectivity index (χ0v) is 11.2. The number of phenolic OH excluding ortho intramolecular Hbond substituents is 1. The summed E-state index contributed by atoms with van der Waals surface area (Å²) in [5.74, 6) is -0.717. The molecule has 2 aliphatic carbocycles. The molecule has 4 atom stereocenters. The van der Waals surface area contributed by atoms with Crippen LogP contribution in [0.4, 0.5) is 5.69 Å². The van der Waals surface area contributed by atoms with Crippen LogP contribution in [0.15, 0.2) is 30.4 Å². The number of aromatic hydroxyl groups is 1. The SMILES string of the molecule is O=C1[C@@H]2[C@@H](C(=O)N1c1ccc(Cl)cc1O)[C@H]1C=C[C@H]2C1. The number of phenols is 1. The minimum Gasteiger partial charge on any atom is -0.506 e. The highest BCUT2D eigenvalue weighted by Crippen LogP contribution is 2.53. The van der Waals surface area contributed by atoms with E-state index in [1.165, 1.54) is 12.1 Å². The van der Waals surface area contributed by atoms with Gasteiger partial charge in [0.25, 0.3) is 0 Å². The van der Waals surface area contributed by atoms with Crippen LogP contribution in [0.2, 0.25) is 5.02 Å². The van der Waals surface area contributed by atoms with Crippen molar-refractivity contribution in [1.82, 2.24) is 0 Å². The highest BCUT2D eigenvalue weighted by Gasteiger charge is 2.59. The summed E-state index contributed by atoms with van der Waals surface area (Å²) >= 11 is 5.79. The molecule has 4 nitrogen and oxygen atoms in total. The average Bonchev–Trinajstić information content (AvgIpc) is 3.06. The number of carbonyl (C=O) groups is 2. The number of hydrogen-bond acceptors (Lipinski definition) is 3. The van der Waals surface area contributed by atoms with Gasteiger partial charge in [-0.3, -0.25) is 9.59 Å². The van der Waals surface area contributed by atoms with E-state index in [4.69, 9.17) is 11.6 Å². The highest BCUT2D eigenvalue weighted by atomic mass is 35.5. The Hall–Kier alpha value is -1.81. The fraction of sp³-hybridized carbons (Fsp3) is 0.333. The molecule has 1 aromatic rings. The van der Waals surface area contributed by atoms with Gasteiger partial charge in [-0.25, -0.2) is 4.90 Å². The Morgan fingerprint density at radius 2 is 1.70 bits per heavy atom. The van der Waals surface area contributed by atoms with Gasteiger partial charge in [0, 0.05) is 11.1 Å². The van der Waals surface area contributed by atoms with Crippen molar-refractivity contribution in [1.29, 1.82) is 0 Å². The first-order chi connectivity index (χ1) is 9.58. The second-order valence-corrected chi connectivity index (χ2v) is 6.08. The predicted molar refractivity (Wildman–Crippen MR) is 73.3 cm³/mol. The molecule has 102 valence electrons. The molecule has 0 unspecified atom stereocenters. The standard InChI is InChI=1S/C15H12ClNO3/c16-9-3-4-10(11(18)6-9)17-14(19)12-7-1-2-8(5-7)13(12)15(17)20/h1-4,6-8,12-13,18H,5H2/t7-,8-,12-,13-/m0/s1. The Balaban J connectivity index is 1.78. The van der Waals surface area contributed by atoms with Crippen molar-refractivity contribution in [3.63, 3.8) is 0 Å². The van der Waals surface area contributed by atoms with Crippen LogP contribution in [-0.2, 0) is 9.59 Å². The monoisotopic (exact) mass is 289 g/mol. The number of imide groups is 1. The smallest absolute Gasteiger partial charge is 0.238 e. The molecule has 1 heterocycles. The molecule has 0 aromatic heterocycles. The van der Waals surface area contributed by atoms with Crippen LogP contribution in [0, 0.1) is 23.7 Å².